The molecule has 0 fully saturated rings. The summed E-state index contributed by atoms with van der Waals surface area (Å²) in [5, 5.41) is 12.4. The predicted molar refractivity (Wildman–Crippen MR) is 85.2 cm³/mol. The van der Waals surface area contributed by atoms with Crippen LogP contribution < -0.4 is 10.1 Å². The molecule has 2 N–H and O–H groups in total. The smallest absolute Gasteiger partial charge is 0.124 e. The second-order valence-corrected chi connectivity index (χ2v) is 5.30. The van der Waals surface area contributed by atoms with Crippen LogP contribution in [0.15, 0.2) is 54.6 Å². The van der Waals surface area contributed by atoms with Gasteiger partial charge >= 0.3 is 0 Å². The highest BCUT2D eigenvalue weighted by atomic mass is 16.5. The molecule has 1 unspecified atom stereocenters. The summed E-state index contributed by atoms with van der Waals surface area (Å²) in [7, 11) is 0. The zero-order chi connectivity index (χ0) is 14.9. The van der Waals surface area contributed by atoms with Gasteiger partial charge in [-0.15, -0.1) is 0 Å². The van der Waals surface area contributed by atoms with Gasteiger partial charge in [-0.1, -0.05) is 55.5 Å². The predicted octanol–water partition coefficient (Wildman–Crippen LogP) is 2.98. The third-order valence-electron chi connectivity index (χ3n) is 3.33. The zero-order valence-corrected chi connectivity index (χ0v) is 12.5. The average molecular weight is 285 g/mol. The van der Waals surface area contributed by atoms with Crippen molar-refractivity contribution in [2.75, 3.05) is 13.2 Å². The number of aliphatic hydroxyl groups is 1. The zero-order valence-electron chi connectivity index (χ0n) is 12.5. The van der Waals surface area contributed by atoms with Crippen molar-refractivity contribution in [2.24, 2.45) is 5.92 Å². The van der Waals surface area contributed by atoms with Crippen LogP contribution in [-0.2, 0) is 13.2 Å². The van der Waals surface area contributed by atoms with Crippen LogP contribution in [-0.4, -0.2) is 18.3 Å². The normalized spacial score (nSPS) is 12.1. The first kappa shape index (κ1) is 15.5. The molecule has 0 amide bonds. The Morgan fingerprint density at radius 3 is 2.52 bits per heavy atom. The van der Waals surface area contributed by atoms with Gasteiger partial charge in [-0.3, -0.25) is 0 Å². The van der Waals surface area contributed by atoms with Gasteiger partial charge in [-0.25, -0.2) is 0 Å². The summed E-state index contributed by atoms with van der Waals surface area (Å²) in [6, 6.07) is 18.2. The van der Waals surface area contributed by atoms with E-state index in [2.05, 4.69) is 23.5 Å². The van der Waals surface area contributed by atoms with Crippen molar-refractivity contribution in [1.29, 1.82) is 0 Å². The van der Waals surface area contributed by atoms with Crippen molar-refractivity contribution in [3.63, 3.8) is 0 Å². The molecule has 0 aromatic heterocycles. The Balaban J connectivity index is 1.90. The van der Waals surface area contributed by atoms with Crippen molar-refractivity contribution >= 4 is 0 Å². The van der Waals surface area contributed by atoms with E-state index >= 15 is 0 Å². The highest BCUT2D eigenvalue weighted by molar-refractivity contribution is 5.33. The number of aliphatic hydroxyl groups excluding tert-OH is 1. The molecule has 0 saturated carbocycles. The second-order valence-electron chi connectivity index (χ2n) is 5.30. The Labute approximate surface area is 126 Å². The summed E-state index contributed by atoms with van der Waals surface area (Å²) in [4.78, 5) is 0. The average Bonchev–Trinajstić information content (AvgIpc) is 2.54. The number of rotatable bonds is 8. The van der Waals surface area contributed by atoms with Crippen LogP contribution in [0.4, 0.5) is 0 Å². The lowest BCUT2D eigenvalue weighted by Gasteiger charge is -2.13. The maximum absolute atomic E-state index is 9.03. The van der Waals surface area contributed by atoms with Gasteiger partial charge in [-0.05, 0) is 17.5 Å². The third kappa shape index (κ3) is 5.21. The number of benzene rings is 2. The summed E-state index contributed by atoms with van der Waals surface area (Å²) in [6.07, 6.45) is 0. The molecule has 0 spiro atoms. The monoisotopic (exact) mass is 285 g/mol. The lowest BCUT2D eigenvalue weighted by atomic mass is 10.1. The molecule has 0 bridgehead atoms. The van der Waals surface area contributed by atoms with Gasteiger partial charge in [0.2, 0.25) is 0 Å². The molecule has 112 valence electrons. The van der Waals surface area contributed by atoms with E-state index < -0.39 is 0 Å². The van der Waals surface area contributed by atoms with Crippen molar-refractivity contribution in [3.05, 3.63) is 65.7 Å². The lowest BCUT2D eigenvalue weighted by molar-refractivity contribution is 0.233. The number of ether oxygens (including phenoxy) is 1. The van der Waals surface area contributed by atoms with Crippen LogP contribution >= 0.6 is 0 Å². The minimum Gasteiger partial charge on any atom is -0.489 e. The molecular formula is C18H23NO2. The molecule has 3 nitrogen and oxygen atoms in total. The van der Waals surface area contributed by atoms with Gasteiger partial charge in [0.1, 0.15) is 12.4 Å². The Morgan fingerprint density at radius 2 is 1.76 bits per heavy atom. The summed E-state index contributed by atoms with van der Waals surface area (Å²) >= 11 is 0. The SMILES string of the molecule is CC(CO)CNCc1ccccc1OCc1ccccc1. The molecule has 3 heteroatoms. The maximum Gasteiger partial charge on any atom is 0.124 e. The van der Waals surface area contributed by atoms with E-state index in [0.29, 0.717) is 6.61 Å². The first-order valence-electron chi connectivity index (χ1n) is 7.36. The van der Waals surface area contributed by atoms with E-state index in [1.807, 2.05) is 43.3 Å². The van der Waals surface area contributed by atoms with Gasteiger partial charge in [0.05, 0.1) is 0 Å². The Morgan fingerprint density at radius 1 is 1.05 bits per heavy atom. The van der Waals surface area contributed by atoms with Gasteiger partial charge < -0.3 is 15.2 Å². The molecule has 2 aromatic rings. The molecular weight excluding hydrogens is 262 g/mol. The number of para-hydroxylation sites is 1. The summed E-state index contributed by atoms with van der Waals surface area (Å²) in [5.41, 5.74) is 2.30. The molecule has 0 saturated heterocycles. The summed E-state index contributed by atoms with van der Waals surface area (Å²) in [5.74, 6) is 1.17. The van der Waals surface area contributed by atoms with Crippen LogP contribution in [0.5, 0.6) is 5.75 Å². The van der Waals surface area contributed by atoms with Crippen molar-refractivity contribution < 1.29 is 9.84 Å². The van der Waals surface area contributed by atoms with E-state index in [9.17, 15) is 0 Å². The topological polar surface area (TPSA) is 41.5 Å². The number of hydrogen-bond donors (Lipinski definition) is 2. The molecule has 0 aliphatic carbocycles. The van der Waals surface area contributed by atoms with Gasteiger partial charge in [0.25, 0.3) is 0 Å². The van der Waals surface area contributed by atoms with Crippen LogP contribution in [0, 0.1) is 5.92 Å². The van der Waals surface area contributed by atoms with E-state index in [1.54, 1.807) is 0 Å². The minimum absolute atomic E-state index is 0.207. The quantitative estimate of drug-likeness (QED) is 0.783. The van der Waals surface area contributed by atoms with Crippen LogP contribution in [0.25, 0.3) is 0 Å². The third-order valence-corrected chi connectivity index (χ3v) is 3.33. The fraction of sp³-hybridized carbons (Fsp3) is 0.333. The molecule has 2 aromatic carbocycles. The van der Waals surface area contributed by atoms with E-state index in [4.69, 9.17) is 9.84 Å². The number of hydrogen-bond acceptors (Lipinski definition) is 3. The maximum atomic E-state index is 9.03. The summed E-state index contributed by atoms with van der Waals surface area (Å²) < 4.78 is 5.92. The Bertz CT molecular complexity index is 528. The van der Waals surface area contributed by atoms with Crippen LogP contribution in [0.2, 0.25) is 0 Å². The second kappa shape index (κ2) is 8.45. The Hall–Kier alpha value is -1.84. The highest BCUT2D eigenvalue weighted by Crippen LogP contribution is 2.19. The molecule has 0 aliphatic heterocycles. The first-order chi connectivity index (χ1) is 10.3. The molecule has 2 rings (SSSR count). The molecule has 1 atom stereocenters. The van der Waals surface area contributed by atoms with E-state index in [1.165, 1.54) is 0 Å². The molecule has 21 heavy (non-hydrogen) atoms. The highest BCUT2D eigenvalue weighted by Gasteiger charge is 2.04. The largest absolute Gasteiger partial charge is 0.489 e. The summed E-state index contributed by atoms with van der Waals surface area (Å²) in [6.45, 7) is 4.34. The van der Waals surface area contributed by atoms with E-state index in [-0.39, 0.29) is 12.5 Å². The van der Waals surface area contributed by atoms with Crippen LogP contribution in [0.3, 0.4) is 0 Å². The van der Waals surface area contributed by atoms with E-state index in [0.717, 1.165) is 30.0 Å². The van der Waals surface area contributed by atoms with Crippen molar-refractivity contribution in [1.82, 2.24) is 5.32 Å². The molecule has 0 aliphatic rings. The van der Waals surface area contributed by atoms with Gasteiger partial charge in [0.15, 0.2) is 0 Å². The van der Waals surface area contributed by atoms with Gasteiger partial charge in [0, 0.05) is 25.3 Å². The first-order valence-corrected chi connectivity index (χ1v) is 7.36. The molecule has 0 heterocycles. The molecule has 0 radical (unpaired) electrons. The van der Waals surface area contributed by atoms with Crippen LogP contribution in [0.1, 0.15) is 18.1 Å². The number of nitrogens with one attached hydrogen (secondary N) is 1. The van der Waals surface area contributed by atoms with Crippen molar-refractivity contribution in [2.45, 2.75) is 20.1 Å². The van der Waals surface area contributed by atoms with Gasteiger partial charge in [-0.2, -0.15) is 0 Å². The lowest BCUT2D eigenvalue weighted by Crippen LogP contribution is -2.23. The standard InChI is InChI=1S/C18H23NO2/c1-15(13-20)11-19-12-17-9-5-6-10-18(17)21-14-16-7-3-2-4-8-16/h2-10,15,19-20H,11-14H2,1H3. The Kier molecular flexibility index (Phi) is 6.25. The minimum atomic E-state index is 0.207. The fourth-order valence-electron chi connectivity index (χ4n) is 2.04. The van der Waals surface area contributed by atoms with Crippen molar-refractivity contribution in [3.8, 4) is 5.75 Å². The fourth-order valence-corrected chi connectivity index (χ4v) is 2.04.